The number of nitrogens with zero attached hydrogens (tertiary/aromatic N) is 1. The van der Waals surface area contributed by atoms with E-state index in [1.54, 1.807) is 30.3 Å². The summed E-state index contributed by atoms with van der Waals surface area (Å²) < 4.78 is 5.27. The van der Waals surface area contributed by atoms with Gasteiger partial charge in [0.05, 0.1) is 11.3 Å². The van der Waals surface area contributed by atoms with Gasteiger partial charge in [0.2, 0.25) is 5.91 Å². The van der Waals surface area contributed by atoms with Crippen LogP contribution in [0.15, 0.2) is 48.5 Å². The smallest absolute Gasteiger partial charge is 0.276 e. The number of hydrogen-bond donors (Lipinski definition) is 2. The van der Waals surface area contributed by atoms with Crippen molar-refractivity contribution in [3.63, 3.8) is 0 Å². The Hall–Kier alpha value is -2.69. The van der Waals surface area contributed by atoms with E-state index in [0.717, 1.165) is 5.56 Å². The summed E-state index contributed by atoms with van der Waals surface area (Å²) in [6, 6.07) is 16.0. The zero-order chi connectivity index (χ0) is 18.8. The molecule has 2 rings (SSSR count). The second-order valence-corrected chi connectivity index (χ2v) is 6.54. The molecule has 0 atom stereocenters. The highest BCUT2D eigenvalue weighted by atomic mass is 35.5. The van der Waals surface area contributed by atoms with E-state index in [1.165, 1.54) is 11.8 Å². The van der Waals surface area contributed by atoms with Crippen molar-refractivity contribution in [1.82, 2.24) is 10.9 Å². The Bertz CT molecular complexity index is 823. The van der Waals surface area contributed by atoms with Crippen molar-refractivity contribution in [1.29, 1.82) is 5.26 Å². The molecule has 8 heteroatoms. The molecule has 0 heterocycles. The van der Waals surface area contributed by atoms with Gasteiger partial charge < -0.3 is 4.74 Å². The fourth-order valence-corrected chi connectivity index (χ4v) is 2.92. The van der Waals surface area contributed by atoms with Crippen LogP contribution < -0.4 is 15.6 Å². The standard InChI is InChI=1S/C18H16ClN3O3S/c19-15-6-3-4-13(8-15)11-26-12-18(24)22-21-17(23)10-25-16-7-2-1-5-14(16)9-20/h1-8H,10-12H2,(H,21,23)(H,22,24). The SMILES string of the molecule is N#Cc1ccccc1OCC(=O)NNC(=O)CSCc1cccc(Cl)c1. The number of carbonyl (C=O) groups is 2. The Kier molecular flexibility index (Phi) is 7.80. The maximum atomic E-state index is 11.7. The molecule has 26 heavy (non-hydrogen) atoms. The van der Waals surface area contributed by atoms with E-state index in [0.29, 0.717) is 22.1 Å². The minimum Gasteiger partial charge on any atom is -0.482 e. The molecular weight excluding hydrogens is 374 g/mol. The lowest BCUT2D eigenvalue weighted by atomic mass is 10.2. The molecule has 2 amide bonds. The summed E-state index contributed by atoms with van der Waals surface area (Å²) >= 11 is 7.30. The van der Waals surface area contributed by atoms with Crippen LogP contribution in [0.3, 0.4) is 0 Å². The predicted molar refractivity (Wildman–Crippen MR) is 101 cm³/mol. The van der Waals surface area contributed by atoms with E-state index in [9.17, 15) is 9.59 Å². The first kappa shape index (κ1) is 19.6. The molecule has 0 saturated heterocycles. The molecule has 2 aromatic carbocycles. The van der Waals surface area contributed by atoms with E-state index >= 15 is 0 Å². The molecular formula is C18H16ClN3O3S. The summed E-state index contributed by atoms with van der Waals surface area (Å²) in [5, 5.41) is 9.59. The monoisotopic (exact) mass is 389 g/mol. The lowest BCUT2D eigenvalue weighted by molar-refractivity contribution is -0.128. The Morgan fingerprint density at radius 1 is 1.12 bits per heavy atom. The zero-order valence-corrected chi connectivity index (χ0v) is 15.3. The van der Waals surface area contributed by atoms with Gasteiger partial charge in [0.25, 0.3) is 5.91 Å². The first-order valence-corrected chi connectivity index (χ1v) is 9.13. The predicted octanol–water partition coefficient (Wildman–Crippen LogP) is 2.67. The van der Waals surface area contributed by atoms with Crippen LogP contribution in [0.2, 0.25) is 5.02 Å². The summed E-state index contributed by atoms with van der Waals surface area (Å²) in [6.07, 6.45) is 0. The number of para-hydroxylation sites is 1. The lowest BCUT2D eigenvalue weighted by Crippen LogP contribution is -2.44. The summed E-state index contributed by atoms with van der Waals surface area (Å²) in [6.45, 7) is -0.311. The minimum atomic E-state index is -0.522. The first-order valence-electron chi connectivity index (χ1n) is 7.60. The minimum absolute atomic E-state index is 0.185. The van der Waals surface area contributed by atoms with Gasteiger partial charge in [0.15, 0.2) is 6.61 Å². The van der Waals surface area contributed by atoms with Crippen LogP contribution in [0, 0.1) is 11.3 Å². The van der Waals surface area contributed by atoms with Gasteiger partial charge in [-0.1, -0.05) is 35.9 Å². The summed E-state index contributed by atoms with van der Waals surface area (Å²) in [5.41, 5.74) is 5.93. The summed E-state index contributed by atoms with van der Waals surface area (Å²) in [4.78, 5) is 23.4. The van der Waals surface area contributed by atoms with Gasteiger partial charge in [-0.3, -0.25) is 20.4 Å². The van der Waals surface area contributed by atoms with Crippen molar-refractivity contribution in [2.75, 3.05) is 12.4 Å². The van der Waals surface area contributed by atoms with Gasteiger partial charge in [0.1, 0.15) is 11.8 Å². The molecule has 0 unspecified atom stereocenters. The molecule has 0 aliphatic rings. The summed E-state index contributed by atoms with van der Waals surface area (Å²) in [7, 11) is 0. The van der Waals surface area contributed by atoms with Crippen molar-refractivity contribution in [3.8, 4) is 11.8 Å². The van der Waals surface area contributed by atoms with E-state index in [1.807, 2.05) is 24.3 Å². The van der Waals surface area contributed by atoms with Gasteiger partial charge >= 0.3 is 0 Å². The third-order valence-corrected chi connectivity index (χ3v) is 4.34. The average Bonchev–Trinajstić information content (AvgIpc) is 2.65. The maximum Gasteiger partial charge on any atom is 0.276 e. The number of carbonyl (C=O) groups excluding carboxylic acids is 2. The Morgan fingerprint density at radius 3 is 2.65 bits per heavy atom. The molecule has 0 aliphatic heterocycles. The topological polar surface area (TPSA) is 91.2 Å². The number of amides is 2. The fourth-order valence-electron chi connectivity index (χ4n) is 1.93. The highest BCUT2D eigenvalue weighted by Crippen LogP contribution is 2.17. The number of nitrogens with one attached hydrogen (secondary N) is 2. The molecule has 2 aromatic rings. The summed E-state index contributed by atoms with van der Waals surface area (Å²) in [5.74, 6) is 0.281. The van der Waals surface area contributed by atoms with Gasteiger partial charge in [-0.25, -0.2) is 0 Å². The van der Waals surface area contributed by atoms with E-state index in [2.05, 4.69) is 10.9 Å². The number of nitriles is 1. The van der Waals surface area contributed by atoms with Crippen LogP contribution in [0.5, 0.6) is 5.75 Å². The number of halogens is 1. The number of rotatable bonds is 7. The van der Waals surface area contributed by atoms with Gasteiger partial charge in [-0.05, 0) is 29.8 Å². The molecule has 0 aliphatic carbocycles. The van der Waals surface area contributed by atoms with E-state index in [4.69, 9.17) is 21.6 Å². The van der Waals surface area contributed by atoms with Crippen molar-refractivity contribution in [2.24, 2.45) is 0 Å². The molecule has 0 radical (unpaired) electrons. The third kappa shape index (κ3) is 6.67. The first-order chi connectivity index (χ1) is 12.6. The number of hydrazine groups is 1. The second kappa shape index (κ2) is 10.3. The molecule has 2 N–H and O–H groups in total. The molecule has 134 valence electrons. The lowest BCUT2D eigenvalue weighted by Gasteiger charge is -2.09. The number of hydrogen-bond acceptors (Lipinski definition) is 5. The zero-order valence-electron chi connectivity index (χ0n) is 13.7. The fraction of sp³-hybridized carbons (Fsp3) is 0.167. The molecule has 0 aromatic heterocycles. The van der Waals surface area contributed by atoms with Crippen LogP contribution in [0.25, 0.3) is 0 Å². The van der Waals surface area contributed by atoms with E-state index in [-0.39, 0.29) is 18.3 Å². The van der Waals surface area contributed by atoms with Crippen LogP contribution in [0.4, 0.5) is 0 Å². The van der Waals surface area contributed by atoms with Gasteiger partial charge in [-0.15, -0.1) is 11.8 Å². The van der Waals surface area contributed by atoms with Crippen LogP contribution in [0.1, 0.15) is 11.1 Å². The number of thioether (sulfide) groups is 1. The Morgan fingerprint density at radius 2 is 1.88 bits per heavy atom. The van der Waals surface area contributed by atoms with Crippen molar-refractivity contribution in [2.45, 2.75) is 5.75 Å². The molecule has 0 bridgehead atoms. The molecule has 6 nitrogen and oxygen atoms in total. The molecule has 0 fully saturated rings. The quantitative estimate of drug-likeness (QED) is 0.710. The maximum absolute atomic E-state index is 11.7. The van der Waals surface area contributed by atoms with Crippen molar-refractivity contribution in [3.05, 3.63) is 64.7 Å². The second-order valence-electron chi connectivity index (χ2n) is 5.12. The molecule has 0 saturated carbocycles. The molecule has 0 spiro atoms. The van der Waals surface area contributed by atoms with Crippen molar-refractivity contribution < 1.29 is 14.3 Å². The number of benzene rings is 2. The third-order valence-electron chi connectivity index (χ3n) is 3.10. The highest BCUT2D eigenvalue weighted by Gasteiger charge is 2.08. The Labute approximate surface area is 160 Å². The van der Waals surface area contributed by atoms with Gasteiger partial charge in [-0.2, -0.15) is 5.26 Å². The number of ether oxygens (including phenoxy) is 1. The van der Waals surface area contributed by atoms with Gasteiger partial charge in [0, 0.05) is 10.8 Å². The normalized spacial score (nSPS) is 9.85. The van der Waals surface area contributed by atoms with Crippen LogP contribution in [-0.4, -0.2) is 24.2 Å². The Balaban J connectivity index is 1.65. The highest BCUT2D eigenvalue weighted by molar-refractivity contribution is 7.99. The van der Waals surface area contributed by atoms with E-state index < -0.39 is 5.91 Å². The van der Waals surface area contributed by atoms with Crippen molar-refractivity contribution >= 4 is 35.2 Å². The average molecular weight is 390 g/mol. The van der Waals surface area contributed by atoms with Crippen LogP contribution in [-0.2, 0) is 15.3 Å². The largest absolute Gasteiger partial charge is 0.482 e. The van der Waals surface area contributed by atoms with Crippen LogP contribution >= 0.6 is 23.4 Å².